The van der Waals surface area contributed by atoms with Gasteiger partial charge in [0.1, 0.15) is 11.6 Å². The first-order valence-corrected chi connectivity index (χ1v) is 9.22. The number of aliphatic hydroxyl groups is 1. The van der Waals surface area contributed by atoms with Crippen molar-refractivity contribution in [3.63, 3.8) is 0 Å². The minimum Gasteiger partial charge on any atom is -0.396 e. The molecule has 1 aromatic rings. The predicted octanol–water partition coefficient (Wildman–Crippen LogP) is 1.26. The van der Waals surface area contributed by atoms with Gasteiger partial charge < -0.3 is 15.7 Å². The molecule has 2 rings (SSSR count). The van der Waals surface area contributed by atoms with E-state index in [1.54, 1.807) is 0 Å². The summed E-state index contributed by atoms with van der Waals surface area (Å²) in [6, 6.07) is 0.318. The smallest absolute Gasteiger partial charge is 0.191 e. The Kier molecular flexibility index (Phi) is 7.49. The molecule has 24 heavy (non-hydrogen) atoms. The minimum atomic E-state index is 0.237. The fraction of sp³-hybridized carbons (Fsp3) is 0.824. The second-order valence-corrected chi connectivity index (χ2v) is 6.52. The Labute approximate surface area is 145 Å². The lowest BCUT2D eigenvalue weighted by Crippen LogP contribution is -2.47. The molecule has 3 N–H and O–H groups in total. The lowest BCUT2D eigenvalue weighted by atomic mass is 10.0. The van der Waals surface area contributed by atoms with Crippen LogP contribution in [0.15, 0.2) is 4.99 Å². The van der Waals surface area contributed by atoms with E-state index in [1.807, 2.05) is 11.6 Å². The number of aliphatic hydroxyl groups excluding tert-OH is 1. The van der Waals surface area contributed by atoms with Crippen molar-refractivity contribution in [2.45, 2.75) is 65.5 Å². The van der Waals surface area contributed by atoms with Gasteiger partial charge in [0.2, 0.25) is 0 Å². The number of fused-ring (bicyclic) bond motifs is 1. The first-order valence-electron chi connectivity index (χ1n) is 9.22. The van der Waals surface area contributed by atoms with Gasteiger partial charge in [-0.2, -0.15) is 5.10 Å². The maximum Gasteiger partial charge on any atom is 0.191 e. The van der Waals surface area contributed by atoms with Crippen molar-refractivity contribution in [3.05, 3.63) is 11.6 Å². The van der Waals surface area contributed by atoms with Crippen LogP contribution in [0.1, 0.15) is 51.2 Å². The van der Waals surface area contributed by atoms with Crippen LogP contribution in [-0.4, -0.2) is 51.6 Å². The highest BCUT2D eigenvalue weighted by Crippen LogP contribution is 2.13. The summed E-state index contributed by atoms with van der Waals surface area (Å²) < 4.78 is 2.01. The quantitative estimate of drug-likeness (QED) is 0.491. The Morgan fingerprint density at radius 2 is 2.25 bits per heavy atom. The van der Waals surface area contributed by atoms with Crippen LogP contribution >= 0.6 is 0 Å². The third kappa shape index (κ3) is 5.47. The average Bonchev–Trinajstić information content (AvgIpc) is 2.92. The second kappa shape index (κ2) is 9.61. The highest BCUT2D eigenvalue weighted by atomic mass is 16.3. The van der Waals surface area contributed by atoms with Gasteiger partial charge in [0.15, 0.2) is 5.96 Å². The van der Waals surface area contributed by atoms with Crippen LogP contribution in [0.5, 0.6) is 0 Å². The number of aromatic nitrogens is 3. The monoisotopic (exact) mass is 336 g/mol. The van der Waals surface area contributed by atoms with Crippen LogP contribution in [0.25, 0.3) is 0 Å². The first-order chi connectivity index (χ1) is 11.7. The van der Waals surface area contributed by atoms with E-state index < -0.39 is 0 Å². The molecule has 0 aromatic carbocycles. The standard InChI is InChI=1S/C17H32N6O/c1-4-6-14(9-10-24)11-19-17(18-5-2)21-15-7-8-16-20-13(3)22-23(16)12-15/h14-15,24H,4-12H2,1-3H3,(H2,18,19,21). The van der Waals surface area contributed by atoms with E-state index in [0.717, 1.165) is 69.3 Å². The summed E-state index contributed by atoms with van der Waals surface area (Å²) in [5.41, 5.74) is 0. The molecule has 0 spiro atoms. The number of nitrogens with zero attached hydrogens (tertiary/aromatic N) is 4. The van der Waals surface area contributed by atoms with Crippen LogP contribution in [-0.2, 0) is 13.0 Å². The first kappa shape index (κ1) is 18.7. The fourth-order valence-corrected chi connectivity index (χ4v) is 3.20. The third-order valence-corrected chi connectivity index (χ3v) is 4.39. The largest absolute Gasteiger partial charge is 0.396 e. The molecule has 0 radical (unpaired) electrons. The van der Waals surface area contributed by atoms with Crippen LogP contribution in [0.2, 0.25) is 0 Å². The predicted molar refractivity (Wildman–Crippen MR) is 96.1 cm³/mol. The number of hydrogen-bond donors (Lipinski definition) is 3. The molecule has 0 amide bonds. The molecule has 7 heteroatoms. The zero-order valence-corrected chi connectivity index (χ0v) is 15.3. The number of nitrogens with one attached hydrogen (secondary N) is 2. The van der Waals surface area contributed by atoms with E-state index in [0.29, 0.717) is 12.0 Å². The molecule has 0 saturated heterocycles. The van der Waals surface area contributed by atoms with Crippen molar-refractivity contribution >= 4 is 5.96 Å². The zero-order valence-electron chi connectivity index (χ0n) is 15.3. The number of aryl methyl sites for hydroxylation is 2. The molecular weight excluding hydrogens is 304 g/mol. The second-order valence-electron chi connectivity index (χ2n) is 6.52. The summed E-state index contributed by atoms with van der Waals surface area (Å²) in [6.07, 6.45) is 5.04. The summed E-state index contributed by atoms with van der Waals surface area (Å²) in [5, 5.41) is 20.5. The number of rotatable bonds is 8. The van der Waals surface area contributed by atoms with Gasteiger partial charge in [0.25, 0.3) is 0 Å². The van der Waals surface area contributed by atoms with Gasteiger partial charge in [-0.1, -0.05) is 13.3 Å². The van der Waals surface area contributed by atoms with Crippen LogP contribution < -0.4 is 10.6 Å². The van der Waals surface area contributed by atoms with Gasteiger partial charge in [-0.15, -0.1) is 0 Å². The summed E-state index contributed by atoms with van der Waals surface area (Å²) in [4.78, 5) is 9.20. The Hall–Kier alpha value is -1.63. The molecule has 2 heterocycles. The van der Waals surface area contributed by atoms with Crippen molar-refractivity contribution < 1.29 is 5.11 Å². The van der Waals surface area contributed by atoms with E-state index in [-0.39, 0.29) is 6.61 Å². The minimum absolute atomic E-state index is 0.237. The van der Waals surface area contributed by atoms with E-state index in [9.17, 15) is 5.11 Å². The molecule has 0 fully saturated rings. The Morgan fingerprint density at radius 3 is 2.96 bits per heavy atom. The van der Waals surface area contributed by atoms with E-state index in [4.69, 9.17) is 4.99 Å². The lowest BCUT2D eigenvalue weighted by molar-refractivity contribution is 0.253. The third-order valence-electron chi connectivity index (χ3n) is 4.39. The normalized spacial score (nSPS) is 19.0. The number of guanidine groups is 1. The van der Waals surface area contributed by atoms with Crippen LogP contribution in [0.3, 0.4) is 0 Å². The summed E-state index contributed by atoms with van der Waals surface area (Å²) in [7, 11) is 0. The van der Waals surface area contributed by atoms with Gasteiger partial charge in [-0.05, 0) is 39.0 Å². The Morgan fingerprint density at radius 1 is 1.42 bits per heavy atom. The molecule has 7 nitrogen and oxygen atoms in total. The lowest BCUT2D eigenvalue weighted by Gasteiger charge is -2.25. The van der Waals surface area contributed by atoms with Crippen LogP contribution in [0, 0.1) is 12.8 Å². The number of aliphatic imine (C=N–C) groups is 1. The van der Waals surface area contributed by atoms with Gasteiger partial charge in [-0.3, -0.25) is 4.99 Å². The van der Waals surface area contributed by atoms with E-state index >= 15 is 0 Å². The van der Waals surface area contributed by atoms with Gasteiger partial charge in [0, 0.05) is 32.2 Å². The molecule has 0 bridgehead atoms. The molecular formula is C17H32N6O. The molecule has 2 atom stereocenters. The SMILES string of the molecule is CCCC(CCO)CN=C(NCC)NC1CCc2nc(C)nn2C1. The van der Waals surface area contributed by atoms with Crippen molar-refractivity contribution in [3.8, 4) is 0 Å². The molecule has 0 saturated carbocycles. The number of hydrogen-bond acceptors (Lipinski definition) is 4. The molecule has 1 aliphatic rings. The fourth-order valence-electron chi connectivity index (χ4n) is 3.20. The molecule has 2 unspecified atom stereocenters. The maximum absolute atomic E-state index is 9.19. The van der Waals surface area contributed by atoms with Gasteiger partial charge in [-0.25, -0.2) is 9.67 Å². The van der Waals surface area contributed by atoms with Gasteiger partial charge in [0.05, 0.1) is 6.54 Å². The topological polar surface area (TPSA) is 87.4 Å². The molecule has 1 aromatic heterocycles. The van der Waals surface area contributed by atoms with Crippen molar-refractivity contribution in [1.29, 1.82) is 0 Å². The molecule has 0 aliphatic carbocycles. The van der Waals surface area contributed by atoms with Crippen molar-refractivity contribution in [1.82, 2.24) is 25.4 Å². The highest BCUT2D eigenvalue weighted by Gasteiger charge is 2.21. The summed E-state index contributed by atoms with van der Waals surface area (Å²) >= 11 is 0. The van der Waals surface area contributed by atoms with Crippen LogP contribution in [0.4, 0.5) is 0 Å². The van der Waals surface area contributed by atoms with Crippen molar-refractivity contribution in [2.75, 3.05) is 19.7 Å². The van der Waals surface area contributed by atoms with Gasteiger partial charge >= 0.3 is 0 Å². The highest BCUT2D eigenvalue weighted by molar-refractivity contribution is 5.80. The van der Waals surface area contributed by atoms with E-state index in [1.165, 1.54) is 0 Å². The molecule has 136 valence electrons. The average molecular weight is 336 g/mol. The van der Waals surface area contributed by atoms with E-state index in [2.05, 4.69) is 34.6 Å². The summed E-state index contributed by atoms with van der Waals surface area (Å²) in [6.45, 7) is 8.85. The summed E-state index contributed by atoms with van der Waals surface area (Å²) in [5.74, 6) is 3.24. The zero-order chi connectivity index (χ0) is 17.4. The molecule has 1 aliphatic heterocycles. The maximum atomic E-state index is 9.19. The van der Waals surface area contributed by atoms with Crippen molar-refractivity contribution in [2.24, 2.45) is 10.9 Å². The Bertz CT molecular complexity index is 521. The Balaban J connectivity index is 1.94.